The predicted octanol–water partition coefficient (Wildman–Crippen LogP) is 5.63. The van der Waals surface area contributed by atoms with Crippen LogP contribution in [0.25, 0.3) is 6.08 Å². The van der Waals surface area contributed by atoms with Crippen molar-refractivity contribution < 1.29 is 19.1 Å². The zero-order valence-corrected chi connectivity index (χ0v) is 23.9. The lowest BCUT2D eigenvalue weighted by Gasteiger charge is -2.12. The molecule has 2 amide bonds. The largest absolute Gasteiger partial charge is 0.385 e. The molecule has 2 aromatic carbocycles. The highest BCUT2D eigenvalue weighted by molar-refractivity contribution is 5.97. The van der Waals surface area contributed by atoms with Gasteiger partial charge in [-0.25, -0.2) is 0 Å². The van der Waals surface area contributed by atoms with Crippen LogP contribution in [0.2, 0.25) is 0 Å². The van der Waals surface area contributed by atoms with Gasteiger partial charge in [0.25, 0.3) is 11.8 Å². The minimum Gasteiger partial charge on any atom is -0.385 e. The first-order valence-corrected chi connectivity index (χ1v) is 13.7. The summed E-state index contributed by atoms with van der Waals surface area (Å²) in [4.78, 5) is 24.4. The molecule has 0 radical (unpaired) electrons. The maximum atomic E-state index is 12.2. The lowest BCUT2D eigenvalue weighted by atomic mass is 9.97. The number of aryl methyl sites for hydroxylation is 3. The second-order valence-electron chi connectivity index (χ2n) is 10.5. The Kier molecular flexibility index (Phi) is 11.1. The summed E-state index contributed by atoms with van der Waals surface area (Å²) in [6.45, 7) is 9.48. The molecule has 2 fully saturated rings. The molecule has 0 atom stereocenters. The van der Waals surface area contributed by atoms with Gasteiger partial charge in [-0.05, 0) is 112 Å². The highest BCUT2D eigenvalue weighted by Gasteiger charge is 2.25. The third-order valence-electron chi connectivity index (χ3n) is 7.12. The van der Waals surface area contributed by atoms with Crippen LogP contribution in [0.4, 0.5) is 0 Å². The average Bonchev–Trinajstić information content (AvgIpc) is 3.81. The quantitative estimate of drug-likeness (QED) is 0.377. The smallest absolute Gasteiger partial charge is 0.251 e. The normalized spacial score (nSPS) is 14.7. The van der Waals surface area contributed by atoms with Gasteiger partial charge >= 0.3 is 0 Å². The van der Waals surface area contributed by atoms with Gasteiger partial charge in [-0.3, -0.25) is 9.59 Å². The van der Waals surface area contributed by atoms with Gasteiger partial charge in [0.1, 0.15) is 0 Å². The number of ether oxygens (including phenoxy) is 2. The van der Waals surface area contributed by atoms with E-state index in [9.17, 15) is 9.59 Å². The first kappa shape index (κ1) is 29.6. The summed E-state index contributed by atoms with van der Waals surface area (Å²) < 4.78 is 10.1. The van der Waals surface area contributed by atoms with Gasteiger partial charge in [0.15, 0.2) is 0 Å². The van der Waals surface area contributed by atoms with Gasteiger partial charge in [0, 0.05) is 44.0 Å². The zero-order chi connectivity index (χ0) is 27.7. The third kappa shape index (κ3) is 9.10. The van der Waals surface area contributed by atoms with Gasteiger partial charge in [0.05, 0.1) is 6.61 Å². The van der Waals surface area contributed by atoms with Crippen LogP contribution in [-0.4, -0.2) is 51.3 Å². The number of nitrogens with one attached hydrogen (secondary N) is 2. The number of benzene rings is 2. The number of rotatable bonds is 11. The van der Waals surface area contributed by atoms with E-state index >= 15 is 0 Å². The summed E-state index contributed by atoms with van der Waals surface area (Å²) in [6, 6.07) is 9.06. The molecule has 0 saturated heterocycles. The molecule has 6 nitrogen and oxygen atoms in total. The molecule has 0 unspecified atom stereocenters. The average molecular weight is 521 g/mol. The van der Waals surface area contributed by atoms with E-state index < -0.39 is 0 Å². The van der Waals surface area contributed by atoms with E-state index in [4.69, 9.17) is 9.47 Å². The number of carbonyl (C=O) groups is 2. The Hall–Kier alpha value is -2.96. The highest BCUT2D eigenvalue weighted by atomic mass is 16.5. The predicted molar refractivity (Wildman–Crippen MR) is 154 cm³/mol. The standard InChI is InChI=1S/C16H23NO2.C16H21NO2/c2*1-11-9-13(5-4-8-19-3)10-15(12(11)2)16(18)17-14-6-7-14/h9-10,14H,4-8H2,1-3H3,(H,17,18);4-5,9-10,14H,6-8H2,1-3H3,(H,17,18). The van der Waals surface area contributed by atoms with Crippen molar-refractivity contribution in [2.75, 3.05) is 27.4 Å². The minimum atomic E-state index is 0.0464. The number of carbonyl (C=O) groups excluding carboxylic acids is 2. The molecule has 2 saturated carbocycles. The van der Waals surface area contributed by atoms with E-state index in [1.165, 1.54) is 11.1 Å². The lowest BCUT2D eigenvalue weighted by molar-refractivity contribution is 0.0942. The molecule has 0 aliphatic heterocycles. The molecule has 0 aromatic heterocycles. The molecule has 38 heavy (non-hydrogen) atoms. The molecule has 2 aliphatic carbocycles. The van der Waals surface area contributed by atoms with E-state index in [1.807, 2.05) is 45.1 Å². The molecule has 4 rings (SSSR count). The summed E-state index contributed by atoms with van der Waals surface area (Å²) in [6.07, 6.45) is 10.3. The Morgan fingerprint density at radius 1 is 0.816 bits per heavy atom. The van der Waals surface area contributed by atoms with Crippen molar-refractivity contribution >= 4 is 17.9 Å². The van der Waals surface area contributed by atoms with E-state index in [-0.39, 0.29) is 11.8 Å². The molecule has 2 N–H and O–H groups in total. The Balaban J connectivity index is 0.000000211. The van der Waals surface area contributed by atoms with Crippen molar-refractivity contribution in [2.24, 2.45) is 0 Å². The van der Waals surface area contributed by atoms with Crippen LogP contribution in [0.3, 0.4) is 0 Å². The maximum absolute atomic E-state index is 12.2. The molecule has 0 spiro atoms. The molecular formula is C32H44N2O4. The van der Waals surface area contributed by atoms with E-state index in [1.54, 1.807) is 14.2 Å². The molecule has 0 heterocycles. The number of methoxy groups -OCH3 is 2. The Morgan fingerprint density at radius 2 is 1.37 bits per heavy atom. The Morgan fingerprint density at radius 3 is 1.89 bits per heavy atom. The van der Waals surface area contributed by atoms with Crippen molar-refractivity contribution in [3.63, 3.8) is 0 Å². The van der Waals surface area contributed by atoms with E-state index in [0.29, 0.717) is 18.7 Å². The first-order chi connectivity index (χ1) is 18.2. The molecule has 0 bridgehead atoms. The van der Waals surface area contributed by atoms with Crippen molar-refractivity contribution in [2.45, 2.75) is 78.3 Å². The van der Waals surface area contributed by atoms with Crippen molar-refractivity contribution in [1.82, 2.24) is 10.6 Å². The van der Waals surface area contributed by atoms with Crippen LogP contribution < -0.4 is 10.6 Å². The van der Waals surface area contributed by atoms with Gasteiger partial charge in [-0.1, -0.05) is 24.3 Å². The first-order valence-electron chi connectivity index (χ1n) is 13.7. The number of amides is 2. The molecule has 6 heteroatoms. The summed E-state index contributed by atoms with van der Waals surface area (Å²) in [5, 5.41) is 6.11. The molecular weight excluding hydrogens is 476 g/mol. The fraction of sp³-hybridized carbons (Fsp3) is 0.500. The molecule has 206 valence electrons. The number of hydrogen-bond donors (Lipinski definition) is 2. The van der Waals surface area contributed by atoms with Crippen LogP contribution in [-0.2, 0) is 15.9 Å². The van der Waals surface area contributed by atoms with Gasteiger partial charge in [-0.15, -0.1) is 0 Å². The van der Waals surface area contributed by atoms with Crippen LogP contribution >= 0.6 is 0 Å². The Bertz CT molecular complexity index is 1150. The second-order valence-corrected chi connectivity index (χ2v) is 10.5. The van der Waals surface area contributed by atoms with Crippen LogP contribution in [0.15, 0.2) is 30.3 Å². The summed E-state index contributed by atoms with van der Waals surface area (Å²) in [5.41, 5.74) is 8.36. The lowest BCUT2D eigenvalue weighted by Crippen LogP contribution is -2.26. The zero-order valence-electron chi connectivity index (χ0n) is 23.9. The Labute approximate surface area is 228 Å². The highest BCUT2D eigenvalue weighted by Crippen LogP contribution is 2.23. The number of hydrogen-bond acceptors (Lipinski definition) is 4. The SMILES string of the molecule is COCC=Cc1cc(C)c(C)c(C(=O)NC2CC2)c1.COCCCc1cc(C)c(C)c(C(=O)NC2CC2)c1. The minimum absolute atomic E-state index is 0.0464. The monoisotopic (exact) mass is 520 g/mol. The second kappa shape index (κ2) is 14.3. The van der Waals surface area contributed by atoms with Gasteiger partial charge in [0.2, 0.25) is 0 Å². The maximum Gasteiger partial charge on any atom is 0.251 e. The van der Waals surface area contributed by atoms with Crippen molar-refractivity contribution in [1.29, 1.82) is 0 Å². The van der Waals surface area contributed by atoms with E-state index in [2.05, 4.69) is 29.7 Å². The fourth-order valence-electron chi connectivity index (χ4n) is 4.22. The summed E-state index contributed by atoms with van der Waals surface area (Å²) >= 11 is 0. The molecule has 2 aliphatic rings. The van der Waals surface area contributed by atoms with Crippen LogP contribution in [0.5, 0.6) is 0 Å². The summed E-state index contributed by atoms with van der Waals surface area (Å²) in [7, 11) is 3.38. The topological polar surface area (TPSA) is 76.7 Å². The fourth-order valence-corrected chi connectivity index (χ4v) is 4.22. The van der Waals surface area contributed by atoms with Crippen molar-refractivity contribution in [3.8, 4) is 0 Å². The van der Waals surface area contributed by atoms with Gasteiger partial charge < -0.3 is 20.1 Å². The van der Waals surface area contributed by atoms with Crippen molar-refractivity contribution in [3.05, 3.63) is 74.8 Å². The van der Waals surface area contributed by atoms with Crippen LogP contribution in [0.1, 0.15) is 86.2 Å². The van der Waals surface area contributed by atoms with E-state index in [0.717, 1.165) is 78.5 Å². The summed E-state index contributed by atoms with van der Waals surface area (Å²) in [5.74, 6) is 0.127. The third-order valence-corrected chi connectivity index (χ3v) is 7.12. The molecule has 2 aromatic rings. The van der Waals surface area contributed by atoms with Gasteiger partial charge in [-0.2, -0.15) is 0 Å². The van der Waals surface area contributed by atoms with Crippen LogP contribution in [0, 0.1) is 27.7 Å².